The zero-order valence-corrected chi connectivity index (χ0v) is 17.2. The molecular formula is C24H27NO4. The van der Waals surface area contributed by atoms with Crippen molar-refractivity contribution in [2.75, 3.05) is 20.3 Å². The second-order valence-electron chi connectivity index (χ2n) is 7.22. The highest BCUT2D eigenvalue weighted by Gasteiger charge is 2.17. The Balaban J connectivity index is 1.58. The molecule has 0 aliphatic heterocycles. The third-order valence-electron chi connectivity index (χ3n) is 5.13. The van der Waals surface area contributed by atoms with Gasteiger partial charge in [0.05, 0.1) is 6.42 Å². The number of rotatable bonds is 9. The Morgan fingerprint density at radius 2 is 1.76 bits per heavy atom. The molecule has 29 heavy (non-hydrogen) atoms. The molecule has 5 heteroatoms. The average molecular weight is 393 g/mol. The van der Waals surface area contributed by atoms with Crippen LogP contribution in [0, 0.1) is 13.8 Å². The first-order chi connectivity index (χ1) is 14.0. The monoisotopic (exact) mass is 393 g/mol. The molecule has 3 rings (SSSR count). The lowest BCUT2D eigenvalue weighted by atomic mass is 10.1. The van der Waals surface area contributed by atoms with Crippen LogP contribution in [0.1, 0.15) is 33.7 Å². The van der Waals surface area contributed by atoms with Crippen LogP contribution in [0.15, 0.2) is 48.5 Å². The lowest BCUT2D eigenvalue weighted by molar-refractivity contribution is -0.141. The Morgan fingerprint density at radius 1 is 1.00 bits per heavy atom. The molecule has 0 amide bonds. The van der Waals surface area contributed by atoms with Gasteiger partial charge in [-0.1, -0.05) is 42.5 Å². The number of benzene rings is 2. The number of methoxy groups -OCH3 is 1. The molecule has 1 heterocycles. The SMILES string of the molecule is COCCCn1c(C)cc(C(=O)COC(=O)Cc2ccc3ccccc3c2)c1C. The van der Waals surface area contributed by atoms with Crippen LogP contribution in [-0.2, 0) is 27.2 Å². The summed E-state index contributed by atoms with van der Waals surface area (Å²) in [5.74, 6) is -0.578. The van der Waals surface area contributed by atoms with Crippen LogP contribution in [0.3, 0.4) is 0 Å². The largest absolute Gasteiger partial charge is 0.457 e. The number of ketones is 1. The first-order valence-electron chi connectivity index (χ1n) is 9.81. The quantitative estimate of drug-likeness (QED) is 0.310. The van der Waals surface area contributed by atoms with Crippen LogP contribution in [0.5, 0.6) is 0 Å². The minimum Gasteiger partial charge on any atom is -0.457 e. The molecule has 0 bridgehead atoms. The third kappa shape index (κ3) is 5.12. The standard InChI is InChI=1S/C24H27NO4/c1-17-13-22(18(2)25(17)11-6-12-28-3)23(26)16-29-24(27)15-19-9-10-20-7-4-5-8-21(20)14-19/h4-5,7-10,13-14H,6,11-12,15-16H2,1-3H3. The van der Waals surface area contributed by atoms with Crippen molar-refractivity contribution in [2.45, 2.75) is 33.2 Å². The van der Waals surface area contributed by atoms with Gasteiger partial charge in [-0.15, -0.1) is 0 Å². The molecule has 0 aliphatic rings. The fourth-order valence-corrected chi connectivity index (χ4v) is 3.58. The second kappa shape index (κ2) is 9.52. The predicted octanol–water partition coefficient (Wildman–Crippen LogP) is 4.26. The number of aromatic nitrogens is 1. The van der Waals surface area contributed by atoms with Crippen molar-refractivity contribution >= 4 is 22.5 Å². The molecule has 5 nitrogen and oxygen atoms in total. The molecule has 1 aromatic heterocycles. The Hall–Kier alpha value is -2.92. The number of hydrogen-bond acceptors (Lipinski definition) is 4. The van der Waals surface area contributed by atoms with E-state index in [1.165, 1.54) is 0 Å². The summed E-state index contributed by atoms with van der Waals surface area (Å²) < 4.78 is 12.5. The van der Waals surface area contributed by atoms with Crippen LogP contribution in [0.25, 0.3) is 10.8 Å². The molecule has 2 aromatic carbocycles. The van der Waals surface area contributed by atoms with Gasteiger partial charge in [0.25, 0.3) is 0 Å². The van der Waals surface area contributed by atoms with E-state index in [-0.39, 0.29) is 18.8 Å². The van der Waals surface area contributed by atoms with Crippen LogP contribution in [-0.4, -0.2) is 36.6 Å². The van der Waals surface area contributed by atoms with Gasteiger partial charge in [0.1, 0.15) is 0 Å². The summed E-state index contributed by atoms with van der Waals surface area (Å²) in [7, 11) is 1.68. The van der Waals surface area contributed by atoms with E-state index in [9.17, 15) is 9.59 Å². The lowest BCUT2D eigenvalue weighted by Gasteiger charge is -2.09. The van der Waals surface area contributed by atoms with Gasteiger partial charge in [0.15, 0.2) is 6.61 Å². The predicted molar refractivity (Wildman–Crippen MR) is 113 cm³/mol. The molecule has 0 fully saturated rings. The smallest absolute Gasteiger partial charge is 0.310 e. The van der Waals surface area contributed by atoms with Crippen molar-refractivity contribution < 1.29 is 19.1 Å². The van der Waals surface area contributed by atoms with Gasteiger partial charge < -0.3 is 14.0 Å². The van der Waals surface area contributed by atoms with Gasteiger partial charge in [0, 0.05) is 37.2 Å². The number of esters is 1. The minimum atomic E-state index is -0.400. The van der Waals surface area contributed by atoms with Crippen molar-refractivity contribution in [3.63, 3.8) is 0 Å². The topological polar surface area (TPSA) is 57.5 Å². The van der Waals surface area contributed by atoms with E-state index in [1.54, 1.807) is 7.11 Å². The van der Waals surface area contributed by atoms with Crippen LogP contribution in [0.2, 0.25) is 0 Å². The van der Waals surface area contributed by atoms with E-state index >= 15 is 0 Å². The normalized spacial score (nSPS) is 11.0. The molecule has 0 spiro atoms. The molecule has 0 N–H and O–H groups in total. The maximum atomic E-state index is 12.6. The van der Waals surface area contributed by atoms with Crippen molar-refractivity contribution in [3.05, 3.63) is 71.0 Å². The summed E-state index contributed by atoms with van der Waals surface area (Å²) in [6.07, 6.45) is 1.02. The number of ether oxygens (including phenoxy) is 2. The molecule has 0 saturated heterocycles. The van der Waals surface area contributed by atoms with E-state index in [4.69, 9.17) is 9.47 Å². The zero-order chi connectivity index (χ0) is 20.8. The maximum Gasteiger partial charge on any atom is 0.310 e. The molecular weight excluding hydrogens is 366 g/mol. The number of carbonyl (C=O) groups is 2. The van der Waals surface area contributed by atoms with Gasteiger partial charge in [-0.2, -0.15) is 0 Å². The number of carbonyl (C=O) groups excluding carboxylic acids is 2. The second-order valence-corrected chi connectivity index (χ2v) is 7.22. The highest BCUT2D eigenvalue weighted by molar-refractivity contribution is 5.99. The van der Waals surface area contributed by atoms with Crippen LogP contribution in [0.4, 0.5) is 0 Å². The van der Waals surface area contributed by atoms with E-state index in [2.05, 4.69) is 4.57 Å². The number of hydrogen-bond donors (Lipinski definition) is 0. The third-order valence-corrected chi connectivity index (χ3v) is 5.13. The fourth-order valence-electron chi connectivity index (χ4n) is 3.58. The molecule has 0 aliphatic carbocycles. The first-order valence-corrected chi connectivity index (χ1v) is 9.81. The Kier molecular flexibility index (Phi) is 6.83. The number of aryl methyl sites for hydroxylation is 1. The first kappa shape index (κ1) is 20.8. The molecule has 0 unspecified atom stereocenters. The molecule has 0 saturated carbocycles. The van der Waals surface area contributed by atoms with Gasteiger partial charge in [-0.05, 0) is 42.7 Å². The maximum absolute atomic E-state index is 12.6. The van der Waals surface area contributed by atoms with E-state index in [0.717, 1.165) is 40.7 Å². The highest BCUT2D eigenvalue weighted by Crippen LogP contribution is 2.18. The van der Waals surface area contributed by atoms with Gasteiger partial charge in [-0.25, -0.2) is 0 Å². The molecule has 152 valence electrons. The van der Waals surface area contributed by atoms with E-state index in [0.29, 0.717) is 12.2 Å². The Bertz CT molecular complexity index is 1020. The Morgan fingerprint density at radius 3 is 2.52 bits per heavy atom. The summed E-state index contributed by atoms with van der Waals surface area (Å²) in [6, 6.07) is 15.7. The van der Waals surface area contributed by atoms with E-state index < -0.39 is 5.97 Å². The number of Topliss-reactive ketones (excluding diaryl/α,β-unsaturated/α-hetero) is 1. The van der Waals surface area contributed by atoms with E-state index in [1.807, 2.05) is 62.4 Å². The minimum absolute atomic E-state index is 0.147. The fraction of sp³-hybridized carbons (Fsp3) is 0.333. The van der Waals surface area contributed by atoms with Gasteiger partial charge in [-0.3, -0.25) is 9.59 Å². The molecule has 0 atom stereocenters. The summed E-state index contributed by atoms with van der Waals surface area (Å²) >= 11 is 0. The summed E-state index contributed by atoms with van der Waals surface area (Å²) in [5, 5.41) is 2.20. The molecule has 3 aromatic rings. The van der Waals surface area contributed by atoms with Crippen molar-refractivity contribution in [1.29, 1.82) is 0 Å². The summed E-state index contributed by atoms with van der Waals surface area (Å²) in [6.45, 7) is 5.12. The highest BCUT2D eigenvalue weighted by atomic mass is 16.5. The molecule has 0 radical (unpaired) electrons. The zero-order valence-electron chi connectivity index (χ0n) is 17.2. The van der Waals surface area contributed by atoms with Crippen molar-refractivity contribution in [2.24, 2.45) is 0 Å². The van der Waals surface area contributed by atoms with Crippen molar-refractivity contribution in [1.82, 2.24) is 4.57 Å². The lowest BCUT2D eigenvalue weighted by Crippen LogP contribution is -2.16. The number of nitrogens with zero attached hydrogens (tertiary/aromatic N) is 1. The van der Waals surface area contributed by atoms with Crippen LogP contribution >= 0.6 is 0 Å². The van der Waals surface area contributed by atoms with Gasteiger partial charge in [0.2, 0.25) is 5.78 Å². The number of fused-ring (bicyclic) bond motifs is 1. The van der Waals surface area contributed by atoms with Crippen LogP contribution < -0.4 is 0 Å². The van der Waals surface area contributed by atoms with Gasteiger partial charge >= 0.3 is 5.97 Å². The summed E-state index contributed by atoms with van der Waals surface area (Å²) in [4.78, 5) is 24.8. The average Bonchev–Trinajstić information content (AvgIpc) is 3.00. The van der Waals surface area contributed by atoms with Crippen molar-refractivity contribution in [3.8, 4) is 0 Å². The Labute approximate surface area is 171 Å². The summed E-state index contributed by atoms with van der Waals surface area (Å²) in [5.41, 5.74) is 3.40.